The molecule has 0 saturated heterocycles. The van der Waals surface area contributed by atoms with Crippen LogP contribution < -0.4 is 16.0 Å². The van der Waals surface area contributed by atoms with E-state index in [0.29, 0.717) is 13.1 Å². The molecule has 0 atom stereocenters. The van der Waals surface area contributed by atoms with E-state index in [2.05, 4.69) is 21.2 Å². The van der Waals surface area contributed by atoms with Crippen LogP contribution in [-0.4, -0.2) is 26.0 Å². The zero-order valence-electron chi connectivity index (χ0n) is 10.9. The van der Waals surface area contributed by atoms with E-state index in [-0.39, 0.29) is 5.91 Å². The van der Waals surface area contributed by atoms with E-state index >= 15 is 0 Å². The number of carbonyl (C=O) groups excluding carboxylic acids is 1. The van der Waals surface area contributed by atoms with Crippen LogP contribution in [0.3, 0.4) is 0 Å². The van der Waals surface area contributed by atoms with Gasteiger partial charge in [0.05, 0.1) is 6.54 Å². The summed E-state index contributed by atoms with van der Waals surface area (Å²) < 4.78 is 0.975. The second kappa shape index (κ2) is 7.38. The Bertz CT molecular complexity index is 409. The van der Waals surface area contributed by atoms with E-state index in [4.69, 9.17) is 5.73 Å². The van der Waals surface area contributed by atoms with Crippen LogP contribution in [0.15, 0.2) is 22.7 Å². The molecular weight excluding hydrogens is 294 g/mol. The SMILES string of the molecule is CCCNC(=O)CN(C)c1ccc(CN)c(Br)c1. The van der Waals surface area contributed by atoms with Crippen LogP contribution in [0.25, 0.3) is 0 Å². The molecule has 1 rings (SSSR count). The largest absolute Gasteiger partial charge is 0.365 e. The van der Waals surface area contributed by atoms with E-state index in [0.717, 1.165) is 28.7 Å². The topological polar surface area (TPSA) is 58.4 Å². The highest BCUT2D eigenvalue weighted by Gasteiger charge is 2.08. The van der Waals surface area contributed by atoms with Crippen LogP contribution in [-0.2, 0) is 11.3 Å². The number of rotatable bonds is 6. The van der Waals surface area contributed by atoms with Gasteiger partial charge in [-0.15, -0.1) is 0 Å². The standard InChI is InChI=1S/C13H20BrN3O/c1-3-6-16-13(18)9-17(2)11-5-4-10(8-15)12(14)7-11/h4-5,7H,3,6,8-9,15H2,1-2H3,(H,16,18). The number of nitrogens with zero attached hydrogens (tertiary/aromatic N) is 1. The van der Waals surface area contributed by atoms with Crippen molar-refractivity contribution in [1.82, 2.24) is 5.32 Å². The quantitative estimate of drug-likeness (QED) is 0.843. The number of nitrogens with two attached hydrogens (primary N) is 1. The molecule has 1 aromatic carbocycles. The Kier molecular flexibility index (Phi) is 6.15. The molecule has 18 heavy (non-hydrogen) atoms. The Labute approximate surface area is 117 Å². The van der Waals surface area contributed by atoms with Gasteiger partial charge in [-0.25, -0.2) is 0 Å². The van der Waals surface area contributed by atoms with Gasteiger partial charge in [0.2, 0.25) is 5.91 Å². The third-order valence-corrected chi connectivity index (χ3v) is 3.39. The van der Waals surface area contributed by atoms with Crippen LogP contribution >= 0.6 is 15.9 Å². The smallest absolute Gasteiger partial charge is 0.239 e. The van der Waals surface area contributed by atoms with E-state index in [9.17, 15) is 4.79 Å². The van der Waals surface area contributed by atoms with Gasteiger partial charge in [0.1, 0.15) is 0 Å². The molecule has 1 amide bonds. The number of carbonyl (C=O) groups is 1. The van der Waals surface area contributed by atoms with Crippen LogP contribution in [0.4, 0.5) is 5.69 Å². The second-order valence-electron chi connectivity index (χ2n) is 4.19. The number of hydrogen-bond acceptors (Lipinski definition) is 3. The highest BCUT2D eigenvalue weighted by Crippen LogP contribution is 2.23. The fourth-order valence-corrected chi connectivity index (χ4v) is 2.09. The summed E-state index contributed by atoms with van der Waals surface area (Å²) in [4.78, 5) is 13.5. The van der Waals surface area contributed by atoms with Crippen LogP contribution in [0.5, 0.6) is 0 Å². The molecule has 4 nitrogen and oxygen atoms in total. The lowest BCUT2D eigenvalue weighted by molar-refractivity contribution is -0.119. The van der Waals surface area contributed by atoms with Crippen LogP contribution in [0, 0.1) is 0 Å². The van der Waals surface area contributed by atoms with Gasteiger partial charge >= 0.3 is 0 Å². The van der Waals surface area contributed by atoms with E-state index < -0.39 is 0 Å². The first-order valence-corrected chi connectivity index (χ1v) is 6.84. The maximum Gasteiger partial charge on any atom is 0.239 e. The summed E-state index contributed by atoms with van der Waals surface area (Å²) in [6.07, 6.45) is 0.951. The van der Waals surface area contributed by atoms with Crippen LogP contribution in [0.2, 0.25) is 0 Å². The van der Waals surface area contributed by atoms with Gasteiger partial charge in [-0.3, -0.25) is 4.79 Å². The number of hydrogen-bond donors (Lipinski definition) is 2. The minimum atomic E-state index is 0.0402. The molecule has 3 N–H and O–H groups in total. The number of nitrogens with one attached hydrogen (secondary N) is 1. The second-order valence-corrected chi connectivity index (χ2v) is 5.04. The Morgan fingerprint density at radius 1 is 1.50 bits per heavy atom. The summed E-state index contributed by atoms with van der Waals surface area (Å²) >= 11 is 3.48. The summed E-state index contributed by atoms with van der Waals surface area (Å²) in [5.74, 6) is 0.0402. The Balaban J connectivity index is 2.63. The molecule has 0 saturated carbocycles. The van der Waals surface area contributed by atoms with Crippen molar-refractivity contribution < 1.29 is 4.79 Å². The number of halogens is 1. The molecule has 0 aliphatic carbocycles. The van der Waals surface area contributed by atoms with Gasteiger partial charge in [-0.1, -0.05) is 28.9 Å². The molecule has 0 bridgehead atoms. The van der Waals surface area contributed by atoms with E-state index in [1.165, 1.54) is 0 Å². The Morgan fingerprint density at radius 2 is 2.22 bits per heavy atom. The van der Waals surface area contributed by atoms with Gasteiger partial charge in [0.15, 0.2) is 0 Å². The highest BCUT2D eigenvalue weighted by atomic mass is 79.9. The predicted octanol–water partition coefficient (Wildman–Crippen LogP) is 1.87. The van der Waals surface area contributed by atoms with Gasteiger partial charge in [-0.2, -0.15) is 0 Å². The van der Waals surface area contributed by atoms with Crippen LogP contribution in [0.1, 0.15) is 18.9 Å². The fourth-order valence-electron chi connectivity index (χ4n) is 1.57. The van der Waals surface area contributed by atoms with Crippen molar-refractivity contribution in [2.45, 2.75) is 19.9 Å². The average Bonchev–Trinajstić information content (AvgIpc) is 2.36. The summed E-state index contributed by atoms with van der Waals surface area (Å²) in [6, 6.07) is 5.93. The maximum absolute atomic E-state index is 11.6. The van der Waals surface area contributed by atoms with Crippen molar-refractivity contribution in [3.8, 4) is 0 Å². The average molecular weight is 314 g/mol. The molecular formula is C13H20BrN3O. The monoisotopic (exact) mass is 313 g/mol. The number of benzene rings is 1. The van der Waals surface area contributed by atoms with Crippen molar-refractivity contribution in [3.63, 3.8) is 0 Å². The lowest BCUT2D eigenvalue weighted by Gasteiger charge is -2.19. The lowest BCUT2D eigenvalue weighted by Crippen LogP contribution is -2.35. The predicted molar refractivity (Wildman–Crippen MR) is 78.6 cm³/mol. The molecule has 0 aromatic heterocycles. The summed E-state index contributed by atoms with van der Waals surface area (Å²) in [6.45, 7) is 3.62. The molecule has 0 spiro atoms. The first-order chi connectivity index (χ1) is 8.58. The van der Waals surface area contributed by atoms with Gasteiger partial charge in [0.25, 0.3) is 0 Å². The third kappa shape index (κ3) is 4.31. The number of anilines is 1. The van der Waals surface area contributed by atoms with Crippen molar-refractivity contribution in [3.05, 3.63) is 28.2 Å². The molecule has 0 fully saturated rings. The Hall–Kier alpha value is -1.07. The zero-order valence-corrected chi connectivity index (χ0v) is 12.5. The van der Waals surface area contributed by atoms with Gasteiger partial charge < -0.3 is 16.0 Å². The van der Waals surface area contributed by atoms with Crippen molar-refractivity contribution in [1.29, 1.82) is 0 Å². The summed E-state index contributed by atoms with van der Waals surface area (Å²) in [7, 11) is 1.90. The third-order valence-electron chi connectivity index (χ3n) is 2.65. The molecule has 5 heteroatoms. The molecule has 1 aromatic rings. The number of amides is 1. The Morgan fingerprint density at radius 3 is 2.78 bits per heavy atom. The van der Waals surface area contributed by atoms with Gasteiger partial charge in [-0.05, 0) is 24.1 Å². The summed E-state index contributed by atoms with van der Waals surface area (Å²) in [5, 5.41) is 2.86. The zero-order chi connectivity index (χ0) is 13.5. The lowest BCUT2D eigenvalue weighted by atomic mass is 10.2. The normalized spacial score (nSPS) is 10.2. The number of likely N-dealkylation sites (N-methyl/N-ethyl adjacent to an activating group) is 1. The molecule has 0 radical (unpaired) electrons. The van der Waals surface area contributed by atoms with E-state index in [1.54, 1.807) is 0 Å². The fraction of sp³-hybridized carbons (Fsp3) is 0.462. The first kappa shape index (κ1) is 15.0. The van der Waals surface area contributed by atoms with Crippen molar-refractivity contribution >= 4 is 27.5 Å². The first-order valence-electron chi connectivity index (χ1n) is 6.04. The molecule has 0 aliphatic rings. The minimum absolute atomic E-state index is 0.0402. The summed E-state index contributed by atoms with van der Waals surface area (Å²) in [5.41, 5.74) is 7.65. The molecule has 0 aliphatic heterocycles. The highest BCUT2D eigenvalue weighted by molar-refractivity contribution is 9.10. The van der Waals surface area contributed by atoms with Crippen molar-refractivity contribution in [2.75, 3.05) is 25.0 Å². The van der Waals surface area contributed by atoms with Gasteiger partial charge in [0, 0.05) is 30.3 Å². The minimum Gasteiger partial charge on any atom is -0.365 e. The molecule has 0 unspecified atom stereocenters. The van der Waals surface area contributed by atoms with Crippen molar-refractivity contribution in [2.24, 2.45) is 5.73 Å². The maximum atomic E-state index is 11.6. The molecule has 100 valence electrons. The van der Waals surface area contributed by atoms with E-state index in [1.807, 2.05) is 37.1 Å². The molecule has 0 heterocycles.